The molecule has 1 saturated heterocycles. The number of benzene rings is 3. The normalized spacial score (nSPS) is 17.5. The highest BCUT2D eigenvalue weighted by atomic mass is 16.4. The van der Waals surface area contributed by atoms with Crippen LogP contribution >= 0.6 is 0 Å². The van der Waals surface area contributed by atoms with Gasteiger partial charge in [-0.15, -0.1) is 0 Å². The lowest BCUT2D eigenvalue weighted by Gasteiger charge is -2.32. The fourth-order valence-corrected chi connectivity index (χ4v) is 5.88. The van der Waals surface area contributed by atoms with E-state index in [1.165, 1.54) is 22.6 Å². The molecule has 2 aliphatic rings. The van der Waals surface area contributed by atoms with E-state index in [1.807, 2.05) is 48.5 Å². The Kier molecular flexibility index (Phi) is 9.63. The summed E-state index contributed by atoms with van der Waals surface area (Å²) in [6.07, 6.45) is 2.10. The molecular formula is C32H37BN4O6. The monoisotopic (exact) mass is 584 g/mol. The lowest BCUT2D eigenvalue weighted by atomic mass is 9.77. The van der Waals surface area contributed by atoms with Gasteiger partial charge in [0.15, 0.2) is 0 Å². The summed E-state index contributed by atoms with van der Waals surface area (Å²) in [4.78, 5) is 44.2. The van der Waals surface area contributed by atoms with E-state index in [2.05, 4.69) is 16.7 Å². The summed E-state index contributed by atoms with van der Waals surface area (Å²) < 4.78 is 0. The first-order chi connectivity index (χ1) is 20.8. The maximum Gasteiger partial charge on any atom is 0.475 e. The Labute approximate surface area is 251 Å². The van der Waals surface area contributed by atoms with Gasteiger partial charge in [-0.25, -0.2) is 4.79 Å². The molecule has 11 heteroatoms. The first-order valence-electron chi connectivity index (χ1n) is 14.7. The first-order valence-corrected chi connectivity index (χ1v) is 14.7. The molecule has 1 fully saturated rings. The zero-order chi connectivity index (χ0) is 30.3. The van der Waals surface area contributed by atoms with Gasteiger partial charge in [0.25, 0.3) is 0 Å². The SMILES string of the molecule is O=C(N[C@@H](Cc1ccc(O)cc1)C(=O)N1CCC[C@H]1B(O)O)[C@H](Cc1ccccc1)NC(=O)N1CCc2ccccc2C1. The van der Waals surface area contributed by atoms with Crippen LogP contribution in [0.1, 0.15) is 35.1 Å². The number of carbonyl (C=O) groups is 3. The summed E-state index contributed by atoms with van der Waals surface area (Å²) in [5.74, 6) is -1.65. The number of nitrogens with one attached hydrogen (secondary N) is 2. The molecule has 2 heterocycles. The van der Waals surface area contributed by atoms with Gasteiger partial charge >= 0.3 is 13.1 Å². The molecule has 43 heavy (non-hydrogen) atoms. The molecule has 0 spiro atoms. The summed E-state index contributed by atoms with van der Waals surface area (Å²) in [6, 6.07) is 21.3. The molecule has 4 amide bonds. The molecule has 3 aromatic rings. The second-order valence-corrected chi connectivity index (χ2v) is 11.2. The number of amides is 4. The summed E-state index contributed by atoms with van der Waals surface area (Å²) >= 11 is 0. The molecule has 0 aromatic heterocycles. The number of rotatable bonds is 9. The minimum Gasteiger partial charge on any atom is -0.508 e. The molecule has 3 aromatic carbocycles. The van der Waals surface area contributed by atoms with Crippen molar-refractivity contribution in [3.05, 3.63) is 101 Å². The van der Waals surface area contributed by atoms with Crippen molar-refractivity contribution in [3.8, 4) is 5.75 Å². The van der Waals surface area contributed by atoms with Crippen LogP contribution in [0.5, 0.6) is 5.75 Å². The summed E-state index contributed by atoms with van der Waals surface area (Å²) in [5, 5.41) is 35.3. The zero-order valence-corrected chi connectivity index (χ0v) is 23.9. The molecule has 5 N–H and O–H groups in total. The quantitative estimate of drug-likeness (QED) is 0.243. The van der Waals surface area contributed by atoms with Gasteiger partial charge in [0.1, 0.15) is 17.8 Å². The summed E-state index contributed by atoms with van der Waals surface area (Å²) in [7, 11) is -1.70. The molecule has 0 unspecified atom stereocenters. The van der Waals surface area contributed by atoms with E-state index in [-0.39, 0.29) is 24.6 Å². The fourth-order valence-electron chi connectivity index (χ4n) is 5.88. The van der Waals surface area contributed by atoms with Crippen molar-refractivity contribution in [1.29, 1.82) is 0 Å². The van der Waals surface area contributed by atoms with E-state index in [4.69, 9.17) is 0 Å². The number of aromatic hydroxyl groups is 1. The minimum atomic E-state index is -1.70. The number of phenolic OH excluding ortho intramolecular Hbond substituents is 1. The predicted octanol–water partition coefficient (Wildman–Crippen LogP) is 1.80. The zero-order valence-electron chi connectivity index (χ0n) is 23.9. The number of likely N-dealkylation sites (tertiary alicyclic amines) is 1. The predicted molar refractivity (Wildman–Crippen MR) is 162 cm³/mol. The highest BCUT2D eigenvalue weighted by Gasteiger charge is 2.40. The van der Waals surface area contributed by atoms with Crippen LogP contribution in [-0.4, -0.2) is 81.0 Å². The number of nitrogens with zero attached hydrogens (tertiary/aromatic N) is 2. The smallest absolute Gasteiger partial charge is 0.475 e. The van der Waals surface area contributed by atoms with Gasteiger partial charge in [0.05, 0.1) is 5.94 Å². The number of carbonyl (C=O) groups excluding carboxylic acids is 3. The second kappa shape index (κ2) is 13.8. The fraction of sp³-hybridized carbons (Fsp3) is 0.344. The molecule has 224 valence electrons. The molecule has 2 aliphatic heterocycles. The first kappa shape index (κ1) is 30.1. The number of urea groups is 1. The lowest BCUT2D eigenvalue weighted by molar-refractivity contribution is -0.136. The third kappa shape index (κ3) is 7.54. The Balaban J connectivity index is 1.36. The average Bonchev–Trinajstić information content (AvgIpc) is 3.52. The second-order valence-electron chi connectivity index (χ2n) is 11.2. The van der Waals surface area contributed by atoms with Crippen LogP contribution in [0.4, 0.5) is 4.79 Å². The van der Waals surface area contributed by atoms with Gasteiger partial charge in [-0.3, -0.25) is 9.59 Å². The molecule has 0 bridgehead atoms. The van der Waals surface area contributed by atoms with Crippen molar-refractivity contribution in [2.75, 3.05) is 13.1 Å². The third-order valence-electron chi connectivity index (χ3n) is 8.23. The van der Waals surface area contributed by atoms with Crippen LogP contribution in [0.2, 0.25) is 0 Å². The highest BCUT2D eigenvalue weighted by Crippen LogP contribution is 2.22. The molecular weight excluding hydrogens is 547 g/mol. The van der Waals surface area contributed by atoms with Crippen molar-refractivity contribution in [2.24, 2.45) is 0 Å². The Bertz CT molecular complexity index is 1420. The van der Waals surface area contributed by atoms with Gasteiger partial charge in [-0.2, -0.15) is 0 Å². The Morgan fingerprint density at radius 2 is 1.47 bits per heavy atom. The Morgan fingerprint density at radius 3 is 2.19 bits per heavy atom. The van der Waals surface area contributed by atoms with Gasteiger partial charge in [0, 0.05) is 32.5 Å². The Morgan fingerprint density at radius 1 is 0.814 bits per heavy atom. The molecule has 5 rings (SSSR count). The van der Waals surface area contributed by atoms with Crippen molar-refractivity contribution >= 4 is 25.0 Å². The number of fused-ring (bicyclic) bond motifs is 1. The molecule has 0 aliphatic carbocycles. The van der Waals surface area contributed by atoms with E-state index < -0.39 is 37.0 Å². The maximum absolute atomic E-state index is 13.9. The molecule has 3 atom stereocenters. The average molecular weight is 584 g/mol. The third-order valence-corrected chi connectivity index (χ3v) is 8.23. The van der Waals surface area contributed by atoms with Crippen LogP contribution in [0.3, 0.4) is 0 Å². The van der Waals surface area contributed by atoms with Crippen LogP contribution in [-0.2, 0) is 35.4 Å². The van der Waals surface area contributed by atoms with Gasteiger partial charge in [-0.1, -0.05) is 66.7 Å². The largest absolute Gasteiger partial charge is 0.508 e. The molecule has 0 radical (unpaired) electrons. The summed E-state index contributed by atoms with van der Waals surface area (Å²) in [6.45, 7) is 1.29. The Hall–Kier alpha value is -4.35. The lowest BCUT2D eigenvalue weighted by Crippen LogP contribution is -2.58. The summed E-state index contributed by atoms with van der Waals surface area (Å²) in [5.41, 5.74) is 3.82. The van der Waals surface area contributed by atoms with Crippen molar-refractivity contribution < 1.29 is 29.5 Å². The number of hydrogen-bond donors (Lipinski definition) is 5. The topological polar surface area (TPSA) is 142 Å². The van der Waals surface area contributed by atoms with Gasteiger partial charge in [0.2, 0.25) is 11.8 Å². The van der Waals surface area contributed by atoms with Crippen LogP contribution < -0.4 is 10.6 Å². The maximum atomic E-state index is 13.9. The van der Waals surface area contributed by atoms with E-state index >= 15 is 0 Å². The van der Waals surface area contributed by atoms with Gasteiger partial charge in [-0.05, 0) is 53.6 Å². The molecule has 10 nitrogen and oxygen atoms in total. The van der Waals surface area contributed by atoms with E-state index in [9.17, 15) is 29.5 Å². The van der Waals surface area contributed by atoms with Crippen molar-refractivity contribution in [3.63, 3.8) is 0 Å². The van der Waals surface area contributed by atoms with Crippen LogP contribution in [0.15, 0.2) is 78.9 Å². The van der Waals surface area contributed by atoms with Crippen molar-refractivity contribution in [1.82, 2.24) is 20.4 Å². The number of hydrogen-bond acceptors (Lipinski definition) is 6. The standard InChI is InChI=1S/C32H37BN4O6/c38-26-14-12-23(13-15-26)20-28(31(40)37-17-6-11-29(37)33(42)43)34-30(39)27(19-22-7-2-1-3-8-22)35-32(41)36-18-16-24-9-4-5-10-25(24)21-36/h1-5,7-10,12-15,27-29,38,42-43H,6,11,16-21H2,(H,34,39)(H,35,41)/t27-,28-,29-/m0/s1. The van der Waals surface area contributed by atoms with E-state index in [0.29, 0.717) is 38.0 Å². The highest BCUT2D eigenvalue weighted by molar-refractivity contribution is 6.43. The minimum absolute atomic E-state index is 0.0737. The van der Waals surface area contributed by atoms with Gasteiger partial charge < -0.3 is 35.6 Å². The number of phenols is 1. The van der Waals surface area contributed by atoms with Crippen LogP contribution in [0.25, 0.3) is 0 Å². The van der Waals surface area contributed by atoms with E-state index in [1.54, 1.807) is 17.0 Å². The van der Waals surface area contributed by atoms with E-state index in [0.717, 1.165) is 17.5 Å². The molecule has 0 saturated carbocycles. The van der Waals surface area contributed by atoms with Crippen molar-refractivity contribution in [2.45, 2.75) is 56.7 Å². The van der Waals surface area contributed by atoms with Crippen LogP contribution in [0, 0.1) is 0 Å².